The summed E-state index contributed by atoms with van der Waals surface area (Å²) in [6.45, 7) is 1.21. The molecular formula is C17H18ClN3O4. The second kappa shape index (κ2) is 9.00. The average molecular weight is 364 g/mol. The van der Waals surface area contributed by atoms with Gasteiger partial charge in [0.25, 0.3) is 11.6 Å². The molecule has 0 aliphatic heterocycles. The average Bonchev–Trinajstić information content (AvgIpc) is 2.60. The summed E-state index contributed by atoms with van der Waals surface area (Å²) < 4.78 is 5.55. The van der Waals surface area contributed by atoms with E-state index in [0.29, 0.717) is 24.6 Å². The smallest absolute Gasteiger partial charge is 0.270 e. The maximum atomic E-state index is 12.3. The van der Waals surface area contributed by atoms with Crippen LogP contribution in [0, 0.1) is 10.1 Å². The Morgan fingerprint density at radius 2 is 1.92 bits per heavy atom. The van der Waals surface area contributed by atoms with Crippen molar-refractivity contribution in [2.24, 2.45) is 5.73 Å². The number of hydrogen-bond donors (Lipinski definition) is 2. The number of rotatable bonds is 8. The van der Waals surface area contributed by atoms with E-state index in [1.807, 2.05) is 0 Å². The van der Waals surface area contributed by atoms with E-state index >= 15 is 0 Å². The lowest BCUT2D eigenvalue weighted by atomic mass is 10.2. The monoisotopic (exact) mass is 363 g/mol. The largest absolute Gasteiger partial charge is 0.494 e. The third kappa shape index (κ3) is 5.44. The van der Waals surface area contributed by atoms with E-state index in [1.54, 1.807) is 24.3 Å². The SMILES string of the molecule is NCCCCOc1ccc(NC(=O)c2cc([N+](=O)[O-])ccc2Cl)cc1. The van der Waals surface area contributed by atoms with Crippen LogP contribution in [0.25, 0.3) is 0 Å². The first kappa shape index (κ1) is 18.7. The molecule has 8 heteroatoms. The van der Waals surface area contributed by atoms with Crippen LogP contribution in [0.5, 0.6) is 5.75 Å². The predicted octanol–water partition coefficient (Wildman–Crippen LogP) is 3.62. The van der Waals surface area contributed by atoms with Crippen LogP contribution in [0.1, 0.15) is 23.2 Å². The van der Waals surface area contributed by atoms with Gasteiger partial charge < -0.3 is 15.8 Å². The van der Waals surface area contributed by atoms with Gasteiger partial charge in [-0.3, -0.25) is 14.9 Å². The van der Waals surface area contributed by atoms with Crippen LogP contribution in [0.4, 0.5) is 11.4 Å². The van der Waals surface area contributed by atoms with Gasteiger partial charge in [0.15, 0.2) is 0 Å². The summed E-state index contributed by atoms with van der Waals surface area (Å²) in [6, 6.07) is 10.5. The number of halogens is 1. The fraction of sp³-hybridized carbons (Fsp3) is 0.235. The van der Waals surface area contributed by atoms with Crippen molar-refractivity contribution in [1.82, 2.24) is 0 Å². The molecule has 7 nitrogen and oxygen atoms in total. The van der Waals surface area contributed by atoms with Gasteiger partial charge in [0, 0.05) is 17.8 Å². The Labute approximate surface area is 149 Å². The van der Waals surface area contributed by atoms with Gasteiger partial charge >= 0.3 is 0 Å². The van der Waals surface area contributed by atoms with Crippen molar-refractivity contribution >= 4 is 28.9 Å². The van der Waals surface area contributed by atoms with E-state index in [0.717, 1.165) is 18.9 Å². The second-order valence-corrected chi connectivity index (χ2v) is 5.65. The molecule has 3 N–H and O–H groups in total. The Balaban J connectivity index is 2.01. The molecule has 0 radical (unpaired) electrons. The Bertz CT molecular complexity index is 750. The predicted molar refractivity (Wildman–Crippen MR) is 96.3 cm³/mol. The minimum atomic E-state index is -0.579. The number of carbonyl (C=O) groups excluding carboxylic acids is 1. The minimum Gasteiger partial charge on any atom is -0.494 e. The zero-order valence-corrected chi connectivity index (χ0v) is 14.2. The van der Waals surface area contributed by atoms with Crippen LogP contribution in [0.2, 0.25) is 5.02 Å². The molecule has 2 aromatic carbocycles. The van der Waals surface area contributed by atoms with Crippen LogP contribution in [-0.4, -0.2) is 24.0 Å². The lowest BCUT2D eigenvalue weighted by Gasteiger charge is -2.09. The summed E-state index contributed by atoms with van der Waals surface area (Å²) in [5, 5.41) is 13.6. The molecule has 0 spiro atoms. The Hall–Kier alpha value is -2.64. The van der Waals surface area contributed by atoms with E-state index in [1.165, 1.54) is 12.1 Å². The van der Waals surface area contributed by atoms with Gasteiger partial charge in [0.05, 0.1) is 22.1 Å². The van der Waals surface area contributed by atoms with Gasteiger partial charge in [0.2, 0.25) is 0 Å². The molecule has 0 bridgehead atoms. The molecule has 132 valence electrons. The van der Waals surface area contributed by atoms with Crippen molar-refractivity contribution in [3.8, 4) is 5.75 Å². The van der Waals surface area contributed by atoms with Crippen LogP contribution in [0.3, 0.4) is 0 Å². The molecule has 0 saturated heterocycles. The number of benzene rings is 2. The van der Waals surface area contributed by atoms with Crippen LogP contribution in [0.15, 0.2) is 42.5 Å². The van der Waals surface area contributed by atoms with Crippen molar-refractivity contribution in [2.75, 3.05) is 18.5 Å². The quantitative estimate of drug-likeness (QED) is 0.423. The zero-order valence-electron chi connectivity index (χ0n) is 13.4. The summed E-state index contributed by atoms with van der Waals surface area (Å²) in [5.41, 5.74) is 5.79. The molecule has 0 unspecified atom stereocenters. The highest BCUT2D eigenvalue weighted by atomic mass is 35.5. The number of nitrogens with one attached hydrogen (secondary N) is 1. The normalized spacial score (nSPS) is 10.3. The number of nitro groups is 1. The van der Waals surface area contributed by atoms with Crippen molar-refractivity contribution < 1.29 is 14.5 Å². The number of unbranched alkanes of at least 4 members (excludes halogenated alkanes) is 1. The van der Waals surface area contributed by atoms with Crippen molar-refractivity contribution in [3.63, 3.8) is 0 Å². The first-order valence-electron chi connectivity index (χ1n) is 7.69. The molecule has 0 heterocycles. The molecule has 2 aromatic rings. The molecule has 0 atom stereocenters. The maximum Gasteiger partial charge on any atom is 0.270 e. The molecule has 25 heavy (non-hydrogen) atoms. The molecule has 0 saturated carbocycles. The minimum absolute atomic E-state index is 0.0398. The highest BCUT2D eigenvalue weighted by Gasteiger charge is 2.16. The lowest BCUT2D eigenvalue weighted by molar-refractivity contribution is -0.384. The van der Waals surface area contributed by atoms with Crippen LogP contribution < -0.4 is 15.8 Å². The first-order valence-corrected chi connectivity index (χ1v) is 8.07. The zero-order chi connectivity index (χ0) is 18.2. The van der Waals surface area contributed by atoms with E-state index in [2.05, 4.69) is 5.32 Å². The standard InChI is InChI=1S/C17H18ClN3O4/c18-16-8-5-13(21(23)24)11-15(16)17(22)20-12-3-6-14(7-4-12)25-10-2-1-9-19/h3-8,11H,1-2,9-10,19H2,(H,20,22). The number of non-ortho nitro benzene ring substituents is 1. The molecule has 1 amide bonds. The number of ether oxygens (including phenoxy) is 1. The van der Waals surface area contributed by atoms with Crippen LogP contribution >= 0.6 is 11.6 Å². The summed E-state index contributed by atoms with van der Waals surface area (Å²) in [4.78, 5) is 22.5. The molecule has 0 aromatic heterocycles. The number of nitrogens with zero attached hydrogens (tertiary/aromatic N) is 1. The lowest BCUT2D eigenvalue weighted by Crippen LogP contribution is -2.12. The number of carbonyl (C=O) groups is 1. The fourth-order valence-electron chi connectivity index (χ4n) is 2.07. The number of amides is 1. The summed E-state index contributed by atoms with van der Waals surface area (Å²) in [7, 11) is 0. The van der Waals surface area contributed by atoms with Crippen molar-refractivity contribution in [3.05, 3.63) is 63.2 Å². The highest BCUT2D eigenvalue weighted by molar-refractivity contribution is 6.34. The number of nitrogens with two attached hydrogens (primary N) is 1. The highest BCUT2D eigenvalue weighted by Crippen LogP contribution is 2.24. The topological polar surface area (TPSA) is 107 Å². The van der Waals surface area contributed by atoms with Gasteiger partial charge in [-0.25, -0.2) is 0 Å². The van der Waals surface area contributed by atoms with E-state index in [4.69, 9.17) is 22.1 Å². The van der Waals surface area contributed by atoms with E-state index < -0.39 is 10.8 Å². The van der Waals surface area contributed by atoms with E-state index in [-0.39, 0.29) is 16.3 Å². The van der Waals surface area contributed by atoms with Gasteiger partial charge in [0.1, 0.15) is 5.75 Å². The number of anilines is 1. The third-order valence-electron chi connectivity index (χ3n) is 3.38. The van der Waals surface area contributed by atoms with Gasteiger partial charge in [-0.2, -0.15) is 0 Å². The number of nitro benzene ring substituents is 1. The molecular weight excluding hydrogens is 346 g/mol. The summed E-state index contributed by atoms with van der Waals surface area (Å²) in [5.74, 6) is 0.161. The van der Waals surface area contributed by atoms with Gasteiger partial charge in [-0.15, -0.1) is 0 Å². The molecule has 0 aliphatic rings. The summed E-state index contributed by atoms with van der Waals surface area (Å²) >= 11 is 5.96. The van der Waals surface area contributed by atoms with Gasteiger partial charge in [-0.1, -0.05) is 11.6 Å². The van der Waals surface area contributed by atoms with E-state index in [9.17, 15) is 14.9 Å². The fourth-order valence-corrected chi connectivity index (χ4v) is 2.27. The molecule has 0 fully saturated rings. The number of hydrogen-bond acceptors (Lipinski definition) is 5. The summed E-state index contributed by atoms with van der Waals surface area (Å²) in [6.07, 6.45) is 1.78. The first-order chi connectivity index (χ1) is 12.0. The van der Waals surface area contributed by atoms with Gasteiger partial charge in [-0.05, 0) is 49.7 Å². The molecule has 0 aliphatic carbocycles. The van der Waals surface area contributed by atoms with Crippen molar-refractivity contribution in [2.45, 2.75) is 12.8 Å². The van der Waals surface area contributed by atoms with Crippen molar-refractivity contribution in [1.29, 1.82) is 0 Å². The Morgan fingerprint density at radius 3 is 2.56 bits per heavy atom. The third-order valence-corrected chi connectivity index (χ3v) is 3.71. The Morgan fingerprint density at radius 1 is 1.20 bits per heavy atom. The second-order valence-electron chi connectivity index (χ2n) is 5.24. The molecule has 2 rings (SSSR count). The van der Waals surface area contributed by atoms with Crippen LogP contribution in [-0.2, 0) is 0 Å². The Kier molecular flexibility index (Phi) is 6.73. The maximum absolute atomic E-state index is 12.3.